The number of nitrogens with one attached hydrogen (secondary N) is 3. The number of nitrogens with two attached hydrogens (primary N) is 1. The van der Waals surface area contributed by atoms with Crippen molar-refractivity contribution in [1.29, 1.82) is 5.41 Å². The van der Waals surface area contributed by atoms with Gasteiger partial charge in [0.1, 0.15) is 18.5 Å². The summed E-state index contributed by atoms with van der Waals surface area (Å²) in [5.41, 5.74) is 7.38. The molecule has 0 saturated carbocycles. The number of alkyl halides is 6. The van der Waals surface area contributed by atoms with Crippen LogP contribution in [0.1, 0.15) is 35.5 Å². The maximum absolute atomic E-state index is 16.0. The summed E-state index contributed by atoms with van der Waals surface area (Å²) < 4.78 is 86.4. The molecule has 4 rings (SSSR count). The summed E-state index contributed by atoms with van der Waals surface area (Å²) in [5, 5.41) is 29.6. The van der Waals surface area contributed by atoms with Crippen LogP contribution < -0.4 is 21.5 Å². The van der Waals surface area contributed by atoms with Crippen LogP contribution >= 0.6 is 0 Å². The van der Waals surface area contributed by atoms with Crippen molar-refractivity contribution in [3.05, 3.63) is 99.6 Å². The maximum Gasteiger partial charge on any atom is 0.490 e. The summed E-state index contributed by atoms with van der Waals surface area (Å²) in [7, 11) is 3.83. The van der Waals surface area contributed by atoms with E-state index in [2.05, 4.69) is 20.4 Å². The van der Waals surface area contributed by atoms with Crippen molar-refractivity contribution in [2.75, 3.05) is 32.6 Å². The zero-order valence-electron chi connectivity index (χ0n) is 27.5. The first-order chi connectivity index (χ1) is 24.1. The van der Waals surface area contributed by atoms with Crippen LogP contribution in [-0.4, -0.2) is 92.2 Å². The summed E-state index contributed by atoms with van der Waals surface area (Å²) in [6.07, 6.45) is -7.96. The minimum atomic E-state index is -5.08. The van der Waals surface area contributed by atoms with Gasteiger partial charge in [-0.05, 0) is 68.5 Å². The highest BCUT2D eigenvalue weighted by Crippen LogP contribution is 2.33. The average molecular weight is 747 g/mol. The molecule has 0 radical (unpaired) electrons. The van der Waals surface area contributed by atoms with Gasteiger partial charge < -0.3 is 30.9 Å². The number of ether oxygens (including phenoxy) is 1. The van der Waals surface area contributed by atoms with E-state index in [1.807, 2.05) is 25.9 Å². The second-order valence-corrected chi connectivity index (χ2v) is 10.6. The molecule has 0 aliphatic rings. The Kier molecular flexibility index (Phi) is 14.8. The van der Waals surface area contributed by atoms with Crippen LogP contribution in [0.3, 0.4) is 0 Å². The van der Waals surface area contributed by atoms with E-state index in [1.165, 1.54) is 0 Å². The summed E-state index contributed by atoms with van der Waals surface area (Å²) in [5.74, 6) is -5.46. The number of nitrogens with zero attached hydrogens (tertiary/aromatic N) is 4. The van der Waals surface area contributed by atoms with Gasteiger partial charge in [-0.3, -0.25) is 10.4 Å². The van der Waals surface area contributed by atoms with Crippen LogP contribution in [0.5, 0.6) is 5.75 Å². The number of likely N-dealkylation sites (N-methyl/N-ethyl adjacent to an activating group) is 1. The average Bonchev–Trinajstić information content (AvgIpc) is 3.45. The zero-order chi connectivity index (χ0) is 39.4. The number of carboxylic acid groups (broad SMARTS) is 2. The van der Waals surface area contributed by atoms with Gasteiger partial charge in [-0.2, -0.15) is 31.0 Å². The molecule has 14 nitrogen and oxygen atoms in total. The summed E-state index contributed by atoms with van der Waals surface area (Å²) in [4.78, 5) is 39.5. The number of hydrogen-bond donors (Lipinski definition) is 6. The first-order valence-electron chi connectivity index (χ1n) is 14.7. The number of aromatic amines is 1. The number of aryl methyl sites for hydroxylation is 1. The second-order valence-electron chi connectivity index (χ2n) is 10.6. The van der Waals surface area contributed by atoms with Crippen LogP contribution in [0, 0.1) is 11.2 Å². The van der Waals surface area contributed by atoms with E-state index in [-0.39, 0.29) is 23.0 Å². The Bertz CT molecular complexity index is 1840. The Hall–Kier alpha value is -5.99. The third-order valence-corrected chi connectivity index (χ3v) is 6.41. The molecular formula is C31H33F7N8O6. The van der Waals surface area contributed by atoms with E-state index in [0.29, 0.717) is 36.6 Å². The first kappa shape index (κ1) is 42.2. The van der Waals surface area contributed by atoms with Gasteiger partial charge in [-0.25, -0.2) is 23.8 Å². The number of anilines is 1. The lowest BCUT2D eigenvalue weighted by molar-refractivity contribution is -0.193. The van der Waals surface area contributed by atoms with Crippen LogP contribution in [0.4, 0.5) is 36.4 Å². The molecule has 2 aromatic heterocycles. The largest absolute Gasteiger partial charge is 0.490 e. The van der Waals surface area contributed by atoms with E-state index >= 15 is 4.39 Å². The molecule has 282 valence electrons. The van der Waals surface area contributed by atoms with Crippen molar-refractivity contribution in [1.82, 2.24) is 24.6 Å². The summed E-state index contributed by atoms with van der Waals surface area (Å²) >= 11 is 0. The predicted molar refractivity (Wildman–Crippen MR) is 172 cm³/mol. The molecule has 1 atom stereocenters. The molecule has 0 amide bonds. The standard InChI is InChI=1S/C27H31FN8O2.2C2HF3O2/c1-4-17-15-20(23(28)21(16-17)38-14-13-35(2)3)24(32-19-10-8-18(9-11-19)25(29)30)26-33-27(37)36(34-26)22-7-5-6-12-31-22;2*3-2(4,5)1(6)7/h5-12,15-16,24,32H,4,13-14H2,1-3H3,(H3,29,30)(H,33,34,37);2*(H,6,7). The van der Waals surface area contributed by atoms with Crippen LogP contribution in [0.25, 0.3) is 5.82 Å². The minimum Gasteiger partial charge on any atom is -0.489 e. The van der Waals surface area contributed by atoms with Gasteiger partial charge in [0.2, 0.25) is 0 Å². The number of nitrogen functional groups attached to an aromatic ring is 1. The quantitative estimate of drug-likeness (QED) is 0.0722. The Labute approximate surface area is 290 Å². The minimum absolute atomic E-state index is 0.0623. The highest BCUT2D eigenvalue weighted by Gasteiger charge is 2.39. The molecule has 2 heterocycles. The monoisotopic (exact) mass is 746 g/mol. The Morgan fingerprint density at radius 3 is 2.08 bits per heavy atom. The number of aromatic nitrogens is 4. The van der Waals surface area contributed by atoms with Crippen molar-refractivity contribution in [2.24, 2.45) is 5.73 Å². The topological polar surface area (TPSA) is 213 Å². The van der Waals surface area contributed by atoms with Gasteiger partial charge in [0, 0.05) is 29.6 Å². The lowest BCUT2D eigenvalue weighted by Gasteiger charge is -2.21. The molecule has 0 spiro atoms. The number of halogens is 7. The number of hydrogen-bond acceptors (Lipinski definition) is 9. The maximum atomic E-state index is 16.0. The van der Waals surface area contributed by atoms with Gasteiger partial charge in [0.05, 0.1) is 0 Å². The number of benzene rings is 2. The van der Waals surface area contributed by atoms with Gasteiger partial charge in [0.25, 0.3) is 0 Å². The Balaban J connectivity index is 0.000000564. The fraction of sp³-hybridized carbons (Fsp3) is 0.290. The lowest BCUT2D eigenvalue weighted by Crippen LogP contribution is -2.21. The number of carbonyl (C=O) groups is 2. The van der Waals surface area contributed by atoms with E-state index in [1.54, 1.807) is 60.8 Å². The van der Waals surface area contributed by atoms with Crippen molar-refractivity contribution in [2.45, 2.75) is 31.7 Å². The van der Waals surface area contributed by atoms with Gasteiger partial charge in [0.15, 0.2) is 23.2 Å². The first-order valence-corrected chi connectivity index (χ1v) is 14.7. The third-order valence-electron chi connectivity index (χ3n) is 6.41. The third kappa shape index (κ3) is 12.7. The number of rotatable bonds is 11. The van der Waals surface area contributed by atoms with E-state index in [9.17, 15) is 31.1 Å². The molecule has 2 aromatic carbocycles. The Morgan fingerprint density at radius 2 is 1.62 bits per heavy atom. The number of H-pyrrole nitrogens is 1. The molecule has 0 bridgehead atoms. The van der Waals surface area contributed by atoms with E-state index < -0.39 is 41.8 Å². The molecule has 52 heavy (non-hydrogen) atoms. The highest BCUT2D eigenvalue weighted by atomic mass is 19.4. The van der Waals surface area contributed by atoms with Crippen LogP contribution in [0.2, 0.25) is 0 Å². The fourth-order valence-corrected chi connectivity index (χ4v) is 3.85. The normalized spacial score (nSPS) is 11.8. The van der Waals surface area contributed by atoms with Gasteiger partial charge in [-0.15, -0.1) is 5.10 Å². The highest BCUT2D eigenvalue weighted by molar-refractivity contribution is 5.95. The number of aliphatic carboxylic acids is 2. The van der Waals surface area contributed by atoms with E-state index in [0.717, 1.165) is 10.2 Å². The van der Waals surface area contributed by atoms with Crippen molar-refractivity contribution < 1.29 is 55.3 Å². The van der Waals surface area contributed by atoms with Crippen LogP contribution in [-0.2, 0) is 16.0 Å². The fourth-order valence-electron chi connectivity index (χ4n) is 3.85. The lowest BCUT2D eigenvalue weighted by atomic mass is 10.00. The molecular weight excluding hydrogens is 713 g/mol. The van der Waals surface area contributed by atoms with Crippen LogP contribution in [0.15, 0.2) is 65.6 Å². The van der Waals surface area contributed by atoms with Crippen molar-refractivity contribution in [3.8, 4) is 11.6 Å². The van der Waals surface area contributed by atoms with E-state index in [4.69, 9.17) is 35.7 Å². The molecule has 21 heteroatoms. The Morgan fingerprint density at radius 1 is 1.04 bits per heavy atom. The molecule has 7 N–H and O–H groups in total. The molecule has 0 fully saturated rings. The SMILES string of the molecule is CCc1cc(OCCN(C)C)c(F)c(C(Nc2ccc(C(=N)N)cc2)c2nn(-c3ccccn3)c(=O)[nH]2)c1.O=C(O)C(F)(F)F.O=C(O)C(F)(F)F. The second kappa shape index (κ2) is 18.3. The summed E-state index contributed by atoms with van der Waals surface area (Å²) in [6, 6.07) is 14.5. The molecule has 4 aromatic rings. The molecule has 0 aliphatic carbocycles. The number of carboxylic acids is 2. The van der Waals surface area contributed by atoms with Crippen molar-refractivity contribution in [3.63, 3.8) is 0 Å². The number of amidine groups is 1. The molecule has 0 saturated heterocycles. The predicted octanol–water partition coefficient (Wildman–Crippen LogP) is 4.35. The van der Waals surface area contributed by atoms with Gasteiger partial charge >= 0.3 is 30.0 Å². The van der Waals surface area contributed by atoms with Crippen molar-refractivity contribution >= 4 is 23.5 Å². The molecule has 0 aliphatic heterocycles. The molecule has 1 unspecified atom stereocenters. The van der Waals surface area contributed by atoms with Gasteiger partial charge in [-0.1, -0.05) is 19.1 Å². The zero-order valence-corrected chi connectivity index (χ0v) is 27.5. The smallest absolute Gasteiger partial charge is 0.489 e. The summed E-state index contributed by atoms with van der Waals surface area (Å²) in [6.45, 7) is 2.91. The number of pyridine rings is 1.